The lowest BCUT2D eigenvalue weighted by Crippen LogP contribution is -2.44. The van der Waals surface area contributed by atoms with E-state index in [4.69, 9.17) is 16.7 Å². The predicted molar refractivity (Wildman–Crippen MR) is 109 cm³/mol. The third-order valence-corrected chi connectivity index (χ3v) is 6.09. The average molecular weight is 470 g/mol. The molecule has 2 aromatic rings. The van der Waals surface area contributed by atoms with Gasteiger partial charge in [-0.1, -0.05) is 22.9 Å². The molecule has 28 heavy (non-hydrogen) atoms. The third-order valence-electron chi connectivity index (χ3n) is 4.86. The highest BCUT2D eigenvalue weighted by Crippen LogP contribution is 2.30. The van der Waals surface area contributed by atoms with Gasteiger partial charge in [0.1, 0.15) is 5.69 Å². The van der Waals surface area contributed by atoms with E-state index in [1.165, 1.54) is 0 Å². The van der Waals surface area contributed by atoms with Gasteiger partial charge in [0, 0.05) is 35.5 Å². The summed E-state index contributed by atoms with van der Waals surface area (Å²) in [6.45, 7) is 0.689. The fourth-order valence-electron chi connectivity index (χ4n) is 3.32. The van der Waals surface area contributed by atoms with Crippen LogP contribution < -0.4 is 5.32 Å². The second-order valence-corrected chi connectivity index (χ2v) is 8.41. The average Bonchev–Trinajstić information content (AvgIpc) is 3.08. The number of carbonyl (C=O) groups is 2. The topological polar surface area (TPSA) is 97.1 Å². The summed E-state index contributed by atoms with van der Waals surface area (Å²) in [6.07, 6.45) is 5.64. The molecule has 0 saturated heterocycles. The number of unbranched alkanes of at least 4 members (excludes halogenated alkanes) is 1. The SMILES string of the molecule is O=C(O)CC1CC(NC(=O)CCCCn2cc(-c3ccc(Br)c(Cl)c3)nn2)C1. The molecule has 1 amide bonds. The number of aliphatic carboxylic acids is 1. The number of halogens is 2. The van der Waals surface area contributed by atoms with Crippen molar-refractivity contribution < 1.29 is 14.7 Å². The molecule has 150 valence electrons. The number of hydrogen-bond donors (Lipinski definition) is 2. The summed E-state index contributed by atoms with van der Waals surface area (Å²) in [5, 5.41) is 20.6. The van der Waals surface area contributed by atoms with Crippen molar-refractivity contribution in [1.82, 2.24) is 20.3 Å². The highest BCUT2D eigenvalue weighted by Gasteiger charge is 2.31. The normalized spacial score (nSPS) is 18.5. The smallest absolute Gasteiger partial charge is 0.303 e. The summed E-state index contributed by atoms with van der Waals surface area (Å²) >= 11 is 9.48. The maximum Gasteiger partial charge on any atom is 0.303 e. The quantitative estimate of drug-likeness (QED) is 0.543. The van der Waals surface area contributed by atoms with Crippen LogP contribution in [-0.2, 0) is 16.1 Å². The Balaban J connectivity index is 1.34. The Labute approximate surface area is 176 Å². The van der Waals surface area contributed by atoms with Crippen LogP contribution in [0.15, 0.2) is 28.9 Å². The van der Waals surface area contributed by atoms with Crippen LogP contribution in [0.4, 0.5) is 0 Å². The molecule has 2 N–H and O–H groups in total. The van der Waals surface area contributed by atoms with Crippen molar-refractivity contribution in [3.05, 3.63) is 33.9 Å². The Morgan fingerprint density at radius 3 is 2.82 bits per heavy atom. The van der Waals surface area contributed by atoms with Crippen molar-refractivity contribution in [1.29, 1.82) is 0 Å². The van der Waals surface area contributed by atoms with Gasteiger partial charge in [-0.15, -0.1) is 5.10 Å². The number of benzene rings is 1. The van der Waals surface area contributed by atoms with Crippen molar-refractivity contribution in [2.24, 2.45) is 5.92 Å². The number of carboxylic acids is 1. The number of nitrogens with one attached hydrogen (secondary N) is 1. The standard InChI is InChI=1S/C19H22BrClN4O3/c20-15-5-4-13(10-16(15)21)17-11-25(24-23-17)6-2-1-3-18(26)22-14-7-12(8-14)9-19(27)28/h4-5,10-12,14H,1-3,6-9H2,(H,22,26)(H,27,28). The molecule has 0 unspecified atom stereocenters. The van der Waals surface area contributed by atoms with E-state index in [9.17, 15) is 9.59 Å². The minimum Gasteiger partial charge on any atom is -0.481 e. The van der Waals surface area contributed by atoms with E-state index in [2.05, 4.69) is 31.6 Å². The molecule has 1 fully saturated rings. The zero-order chi connectivity index (χ0) is 20.1. The van der Waals surface area contributed by atoms with Crippen molar-refractivity contribution >= 4 is 39.4 Å². The number of aromatic nitrogens is 3. The van der Waals surface area contributed by atoms with Crippen LogP contribution in [-0.4, -0.2) is 38.0 Å². The molecular formula is C19H22BrClN4O3. The lowest BCUT2D eigenvalue weighted by Gasteiger charge is -2.34. The van der Waals surface area contributed by atoms with Gasteiger partial charge in [-0.3, -0.25) is 14.3 Å². The molecule has 0 aliphatic heterocycles. The first-order valence-corrected chi connectivity index (χ1v) is 10.4. The molecule has 9 heteroatoms. The van der Waals surface area contributed by atoms with Crippen LogP contribution in [0.25, 0.3) is 11.3 Å². The first kappa shape index (κ1) is 20.8. The van der Waals surface area contributed by atoms with Gasteiger partial charge in [-0.05, 0) is 59.7 Å². The first-order chi connectivity index (χ1) is 13.4. The number of carbonyl (C=O) groups excluding carboxylic acids is 1. The fraction of sp³-hybridized carbons (Fsp3) is 0.474. The Bertz CT molecular complexity index is 851. The van der Waals surface area contributed by atoms with Crippen molar-refractivity contribution in [2.45, 2.75) is 51.1 Å². The molecule has 1 aliphatic rings. The van der Waals surface area contributed by atoms with Gasteiger partial charge in [0.2, 0.25) is 5.91 Å². The van der Waals surface area contributed by atoms with E-state index in [1.54, 1.807) is 4.68 Å². The van der Waals surface area contributed by atoms with E-state index in [0.717, 1.165) is 41.4 Å². The molecule has 1 aliphatic carbocycles. The maximum atomic E-state index is 12.0. The molecule has 1 aromatic heterocycles. The number of amides is 1. The lowest BCUT2D eigenvalue weighted by molar-refractivity contribution is -0.139. The van der Waals surface area contributed by atoms with Crippen LogP contribution in [0.1, 0.15) is 38.5 Å². The Kier molecular flexibility index (Phi) is 7.07. The number of hydrogen-bond acceptors (Lipinski definition) is 4. The predicted octanol–water partition coefficient (Wildman–Crippen LogP) is 3.90. The van der Waals surface area contributed by atoms with Crippen LogP contribution >= 0.6 is 27.5 Å². The van der Waals surface area contributed by atoms with Crippen LogP contribution in [0.3, 0.4) is 0 Å². The summed E-state index contributed by atoms with van der Waals surface area (Å²) in [5.41, 5.74) is 1.66. The van der Waals surface area contributed by atoms with E-state index in [-0.39, 0.29) is 24.3 Å². The van der Waals surface area contributed by atoms with Crippen molar-refractivity contribution in [2.75, 3.05) is 0 Å². The highest BCUT2D eigenvalue weighted by atomic mass is 79.9. The summed E-state index contributed by atoms with van der Waals surface area (Å²) < 4.78 is 2.61. The zero-order valence-electron chi connectivity index (χ0n) is 15.3. The Morgan fingerprint density at radius 1 is 1.32 bits per heavy atom. The van der Waals surface area contributed by atoms with Gasteiger partial charge in [-0.2, -0.15) is 0 Å². The van der Waals surface area contributed by atoms with Gasteiger partial charge in [0.05, 0.1) is 11.2 Å². The molecule has 1 saturated carbocycles. The van der Waals surface area contributed by atoms with Gasteiger partial charge in [0.15, 0.2) is 0 Å². The van der Waals surface area contributed by atoms with Gasteiger partial charge < -0.3 is 10.4 Å². The maximum absolute atomic E-state index is 12.0. The molecule has 3 rings (SSSR count). The summed E-state index contributed by atoms with van der Waals surface area (Å²) in [5.74, 6) is -0.540. The Hall–Kier alpha value is -1.93. The number of aryl methyl sites for hydroxylation is 1. The van der Waals surface area contributed by atoms with Crippen LogP contribution in [0.5, 0.6) is 0 Å². The number of nitrogens with zero attached hydrogens (tertiary/aromatic N) is 3. The molecule has 0 radical (unpaired) electrons. The summed E-state index contributed by atoms with van der Waals surface area (Å²) in [6, 6.07) is 5.77. The molecular weight excluding hydrogens is 448 g/mol. The molecule has 0 bridgehead atoms. The van der Waals surface area contributed by atoms with Crippen molar-refractivity contribution in [3.63, 3.8) is 0 Å². The molecule has 0 spiro atoms. The van der Waals surface area contributed by atoms with Gasteiger partial charge in [0.25, 0.3) is 0 Å². The van der Waals surface area contributed by atoms with E-state index in [1.807, 2.05) is 24.4 Å². The van der Waals surface area contributed by atoms with E-state index < -0.39 is 5.97 Å². The Morgan fingerprint density at radius 2 is 2.11 bits per heavy atom. The lowest BCUT2D eigenvalue weighted by atomic mass is 9.78. The molecule has 1 heterocycles. The highest BCUT2D eigenvalue weighted by molar-refractivity contribution is 9.10. The van der Waals surface area contributed by atoms with Gasteiger partial charge >= 0.3 is 5.97 Å². The second-order valence-electron chi connectivity index (χ2n) is 7.15. The number of rotatable bonds is 9. The largest absolute Gasteiger partial charge is 0.481 e. The second kappa shape index (κ2) is 9.52. The minimum absolute atomic E-state index is 0.0301. The van der Waals surface area contributed by atoms with E-state index in [0.29, 0.717) is 18.0 Å². The zero-order valence-corrected chi connectivity index (χ0v) is 17.6. The number of carboxylic acid groups (broad SMARTS) is 1. The monoisotopic (exact) mass is 468 g/mol. The van der Waals surface area contributed by atoms with E-state index >= 15 is 0 Å². The molecule has 7 nitrogen and oxygen atoms in total. The fourth-order valence-corrected chi connectivity index (χ4v) is 3.75. The molecule has 0 atom stereocenters. The van der Waals surface area contributed by atoms with Crippen molar-refractivity contribution in [3.8, 4) is 11.3 Å². The third kappa shape index (κ3) is 5.78. The van der Waals surface area contributed by atoms with Gasteiger partial charge in [-0.25, -0.2) is 0 Å². The summed E-state index contributed by atoms with van der Waals surface area (Å²) in [4.78, 5) is 22.6. The van der Waals surface area contributed by atoms with Crippen LogP contribution in [0, 0.1) is 5.92 Å². The molecule has 1 aromatic carbocycles. The first-order valence-electron chi connectivity index (χ1n) is 9.27. The van der Waals surface area contributed by atoms with Crippen LogP contribution in [0.2, 0.25) is 5.02 Å². The summed E-state index contributed by atoms with van der Waals surface area (Å²) in [7, 11) is 0. The minimum atomic E-state index is -0.769.